The Kier molecular flexibility index (Phi) is 6.59. The molecule has 172 valence electrons. The van der Waals surface area contributed by atoms with Crippen LogP contribution in [-0.4, -0.2) is 58.6 Å². The summed E-state index contributed by atoms with van der Waals surface area (Å²) >= 11 is 1.60. The minimum atomic E-state index is -5.08. The van der Waals surface area contributed by atoms with Gasteiger partial charge in [-0.1, -0.05) is 13.0 Å². The Labute approximate surface area is 186 Å². The molecule has 1 N–H and O–H groups in total. The van der Waals surface area contributed by atoms with Gasteiger partial charge in [-0.05, 0) is 42.8 Å². The smallest absolute Gasteiger partial charge is 0.475 e. The van der Waals surface area contributed by atoms with E-state index in [-0.39, 0.29) is 17.7 Å². The molecule has 2 aromatic heterocycles. The first-order valence-electron chi connectivity index (χ1n) is 9.83. The molecule has 0 aromatic carbocycles. The summed E-state index contributed by atoms with van der Waals surface area (Å²) in [7, 11) is 0. The molecule has 0 saturated carbocycles. The highest BCUT2D eigenvalue weighted by Crippen LogP contribution is 2.46. The molecule has 0 unspecified atom stereocenters. The summed E-state index contributed by atoms with van der Waals surface area (Å²) in [6.07, 6.45) is -4.28. The first kappa shape index (κ1) is 23.7. The lowest BCUT2D eigenvalue weighted by Crippen LogP contribution is -2.40. The van der Waals surface area contributed by atoms with Crippen molar-refractivity contribution < 1.29 is 32.7 Å². The quantitative estimate of drug-likeness (QED) is 0.726. The highest BCUT2D eigenvalue weighted by molar-refractivity contribution is 7.08. The van der Waals surface area contributed by atoms with Gasteiger partial charge in [0.05, 0.1) is 11.1 Å². The number of alkyl halides is 3. The third kappa shape index (κ3) is 4.62. The minimum Gasteiger partial charge on any atom is -0.475 e. The highest BCUT2D eigenvalue weighted by Gasteiger charge is 2.56. The van der Waals surface area contributed by atoms with E-state index in [2.05, 4.69) is 11.9 Å². The van der Waals surface area contributed by atoms with Crippen LogP contribution in [0.5, 0.6) is 0 Å². The lowest BCUT2D eigenvalue weighted by Gasteiger charge is -2.26. The number of aliphatic carboxylic acids is 1. The third-order valence-corrected chi connectivity index (χ3v) is 6.49. The molecular weight excluding hydrogens is 447 g/mol. The van der Waals surface area contributed by atoms with Gasteiger partial charge in [-0.2, -0.15) is 24.5 Å². The van der Waals surface area contributed by atoms with Crippen molar-refractivity contribution in [3.63, 3.8) is 0 Å². The normalized spacial score (nSPS) is 22.8. The number of carbonyl (C=O) groups excluding carboxylic acids is 2. The first-order chi connectivity index (χ1) is 15.0. The van der Waals surface area contributed by atoms with Crippen LogP contribution in [0.4, 0.5) is 18.9 Å². The number of thiophene rings is 1. The predicted octanol–water partition coefficient (Wildman–Crippen LogP) is 3.60. The van der Waals surface area contributed by atoms with Crippen LogP contribution in [-0.2, 0) is 9.59 Å². The maximum atomic E-state index is 13.2. The van der Waals surface area contributed by atoms with Crippen molar-refractivity contribution >= 4 is 34.8 Å². The highest BCUT2D eigenvalue weighted by atomic mass is 32.1. The number of anilines is 1. The Morgan fingerprint density at radius 3 is 2.53 bits per heavy atom. The number of pyridine rings is 1. The van der Waals surface area contributed by atoms with Crippen molar-refractivity contribution in [3.05, 3.63) is 46.4 Å². The molecule has 11 heteroatoms. The van der Waals surface area contributed by atoms with Crippen LogP contribution in [0.25, 0.3) is 0 Å². The summed E-state index contributed by atoms with van der Waals surface area (Å²) in [6, 6.07) is 7.47. The van der Waals surface area contributed by atoms with Crippen LogP contribution in [0.1, 0.15) is 29.5 Å². The number of rotatable bonds is 2. The number of halogens is 3. The van der Waals surface area contributed by atoms with Gasteiger partial charge >= 0.3 is 12.1 Å². The Morgan fingerprint density at radius 1 is 1.28 bits per heavy atom. The summed E-state index contributed by atoms with van der Waals surface area (Å²) < 4.78 is 31.7. The molecule has 4 heterocycles. The Morgan fingerprint density at radius 2 is 1.97 bits per heavy atom. The molecule has 0 aliphatic carbocycles. The minimum absolute atomic E-state index is 0.0748. The number of hydrogen-bond donors (Lipinski definition) is 1. The summed E-state index contributed by atoms with van der Waals surface area (Å²) in [5, 5.41) is 11.1. The number of carboxylic acid groups (broad SMARTS) is 1. The van der Waals surface area contributed by atoms with E-state index in [0.717, 1.165) is 24.3 Å². The van der Waals surface area contributed by atoms with Gasteiger partial charge < -0.3 is 14.9 Å². The molecular formula is C21H22F3N3O4S. The molecule has 4 rings (SSSR count). The van der Waals surface area contributed by atoms with E-state index in [9.17, 15) is 22.8 Å². The van der Waals surface area contributed by atoms with Crippen molar-refractivity contribution in [1.82, 2.24) is 9.88 Å². The standard InChI is InChI=1S/C19H21N3O2S.C2HF3O2/c1-13-10-21(17(23)16-5-3-4-14(2)20-16)12-19(13)7-8-22(18(19)24)15-6-9-25-11-15;3-2(4,5)1(6)7/h3-6,9,11,13H,7-8,10,12H2,1-2H3;(H,6,7)/t13-,19-;/m1./s1. The molecule has 2 aliphatic rings. The lowest BCUT2D eigenvalue weighted by molar-refractivity contribution is -0.192. The second kappa shape index (κ2) is 8.89. The van der Waals surface area contributed by atoms with E-state index in [1.54, 1.807) is 17.4 Å². The number of amides is 2. The van der Waals surface area contributed by atoms with Gasteiger partial charge in [0.25, 0.3) is 5.91 Å². The average Bonchev–Trinajstić information content (AvgIpc) is 3.43. The second-order valence-electron chi connectivity index (χ2n) is 7.90. The van der Waals surface area contributed by atoms with Gasteiger partial charge in [0.15, 0.2) is 0 Å². The van der Waals surface area contributed by atoms with E-state index in [1.807, 2.05) is 45.7 Å². The van der Waals surface area contributed by atoms with Crippen LogP contribution < -0.4 is 4.90 Å². The molecule has 2 amide bonds. The number of carboxylic acids is 1. The van der Waals surface area contributed by atoms with Crippen LogP contribution >= 0.6 is 11.3 Å². The van der Waals surface area contributed by atoms with E-state index in [1.165, 1.54) is 0 Å². The molecule has 0 bridgehead atoms. The van der Waals surface area contributed by atoms with Gasteiger partial charge in [-0.3, -0.25) is 9.59 Å². The Balaban J connectivity index is 0.000000360. The number of nitrogens with zero attached hydrogens (tertiary/aromatic N) is 3. The fourth-order valence-electron chi connectivity index (χ4n) is 4.09. The van der Waals surface area contributed by atoms with Crippen molar-refractivity contribution in [1.29, 1.82) is 0 Å². The molecule has 2 atom stereocenters. The van der Waals surface area contributed by atoms with Crippen molar-refractivity contribution in [3.8, 4) is 0 Å². The van der Waals surface area contributed by atoms with Gasteiger partial charge in [-0.25, -0.2) is 9.78 Å². The van der Waals surface area contributed by atoms with Gasteiger partial charge in [0.2, 0.25) is 5.91 Å². The van der Waals surface area contributed by atoms with Gasteiger partial charge in [-0.15, -0.1) is 0 Å². The molecule has 1 spiro atoms. The zero-order chi connectivity index (χ0) is 23.7. The summed E-state index contributed by atoms with van der Waals surface area (Å²) in [5.41, 5.74) is 1.81. The van der Waals surface area contributed by atoms with E-state index in [4.69, 9.17) is 9.90 Å². The number of carbonyl (C=O) groups is 3. The van der Waals surface area contributed by atoms with Crippen molar-refractivity contribution in [2.45, 2.75) is 26.4 Å². The molecule has 2 fully saturated rings. The fourth-order valence-corrected chi connectivity index (χ4v) is 4.74. The Hall–Kier alpha value is -2.95. The number of aryl methyl sites for hydroxylation is 1. The Bertz CT molecular complexity index is 1010. The maximum Gasteiger partial charge on any atom is 0.490 e. The summed E-state index contributed by atoms with van der Waals surface area (Å²) in [6.45, 7) is 5.79. The van der Waals surface area contributed by atoms with Crippen LogP contribution in [0.2, 0.25) is 0 Å². The van der Waals surface area contributed by atoms with E-state index >= 15 is 0 Å². The molecule has 2 saturated heterocycles. The number of likely N-dealkylation sites (tertiary alicyclic amines) is 1. The first-order valence-corrected chi connectivity index (χ1v) is 10.8. The zero-order valence-corrected chi connectivity index (χ0v) is 18.2. The predicted molar refractivity (Wildman–Crippen MR) is 111 cm³/mol. The van der Waals surface area contributed by atoms with Crippen molar-refractivity contribution in [2.75, 3.05) is 24.5 Å². The molecule has 2 aliphatic heterocycles. The number of hydrogen-bond acceptors (Lipinski definition) is 5. The number of aromatic nitrogens is 1. The fraction of sp³-hybridized carbons (Fsp3) is 0.429. The topological polar surface area (TPSA) is 90.8 Å². The van der Waals surface area contributed by atoms with Crippen molar-refractivity contribution in [2.24, 2.45) is 11.3 Å². The zero-order valence-electron chi connectivity index (χ0n) is 17.4. The average molecular weight is 469 g/mol. The van der Waals surface area contributed by atoms with Gasteiger partial charge in [0, 0.05) is 30.7 Å². The second-order valence-corrected chi connectivity index (χ2v) is 8.68. The maximum absolute atomic E-state index is 13.2. The van der Waals surface area contributed by atoms with Crippen LogP contribution in [0.15, 0.2) is 35.0 Å². The van der Waals surface area contributed by atoms with Gasteiger partial charge in [0.1, 0.15) is 5.69 Å². The molecule has 2 aromatic rings. The van der Waals surface area contributed by atoms with Crippen LogP contribution in [0, 0.1) is 18.3 Å². The lowest BCUT2D eigenvalue weighted by atomic mass is 9.78. The third-order valence-electron chi connectivity index (χ3n) is 5.82. The van der Waals surface area contributed by atoms with E-state index in [0.29, 0.717) is 18.8 Å². The summed E-state index contributed by atoms with van der Waals surface area (Å²) in [4.78, 5) is 42.9. The van der Waals surface area contributed by atoms with E-state index < -0.39 is 17.6 Å². The monoisotopic (exact) mass is 469 g/mol. The summed E-state index contributed by atoms with van der Waals surface area (Å²) in [5.74, 6) is -2.52. The SMILES string of the molecule is Cc1cccc(C(=O)N2C[C@@H](C)[C@@]3(CCN(c4ccsc4)C3=O)C2)n1.O=C(O)C(F)(F)F. The molecule has 7 nitrogen and oxygen atoms in total. The largest absolute Gasteiger partial charge is 0.490 e. The van der Waals surface area contributed by atoms with Crippen LogP contribution in [0.3, 0.4) is 0 Å². The molecule has 32 heavy (non-hydrogen) atoms. The molecule has 0 radical (unpaired) electrons.